The van der Waals surface area contributed by atoms with E-state index in [9.17, 15) is 8.78 Å². The maximum absolute atomic E-state index is 12.3. The molecule has 13 heavy (non-hydrogen) atoms. The average molecular weight is 184 g/mol. The van der Waals surface area contributed by atoms with Gasteiger partial charge in [-0.25, -0.2) is 13.8 Å². The molecule has 1 rings (SSSR count). The molecule has 6 heteroatoms. The van der Waals surface area contributed by atoms with Crippen LogP contribution in [0, 0.1) is 11.3 Å². The van der Waals surface area contributed by atoms with Crippen LogP contribution in [-0.4, -0.2) is 4.98 Å². The summed E-state index contributed by atoms with van der Waals surface area (Å²) in [4.78, 5) is 3.43. The van der Waals surface area contributed by atoms with Crippen molar-refractivity contribution in [1.82, 2.24) is 4.98 Å². The molecule has 0 radical (unpaired) electrons. The highest BCUT2D eigenvalue weighted by Crippen LogP contribution is 2.29. The molecule has 1 heterocycles. The Morgan fingerprint density at radius 1 is 1.46 bits per heavy atom. The van der Waals surface area contributed by atoms with Crippen LogP contribution in [0.15, 0.2) is 6.20 Å². The van der Waals surface area contributed by atoms with Crippen LogP contribution in [0.2, 0.25) is 0 Å². The molecule has 0 aliphatic carbocycles. The Bertz CT molecular complexity index is 369. The minimum atomic E-state index is -2.84. The smallest absolute Gasteiger partial charge is 0.268 e. The summed E-state index contributed by atoms with van der Waals surface area (Å²) in [5, 5.41) is 8.53. The van der Waals surface area contributed by atoms with Crippen molar-refractivity contribution in [2.75, 3.05) is 11.5 Å². The second-order valence-electron chi connectivity index (χ2n) is 2.30. The van der Waals surface area contributed by atoms with Crippen molar-refractivity contribution >= 4 is 11.5 Å². The third-order valence-electron chi connectivity index (χ3n) is 1.51. The molecule has 1 aromatic rings. The summed E-state index contributed by atoms with van der Waals surface area (Å²) in [5.74, 6) is -0.360. The molecule has 0 saturated carbocycles. The minimum absolute atomic E-state index is 0.0907. The van der Waals surface area contributed by atoms with Gasteiger partial charge in [0.1, 0.15) is 11.9 Å². The number of nitriles is 1. The number of alkyl halides is 2. The van der Waals surface area contributed by atoms with Gasteiger partial charge in [0.25, 0.3) is 6.43 Å². The molecule has 0 fully saturated rings. The third-order valence-corrected chi connectivity index (χ3v) is 1.51. The number of aromatic nitrogens is 1. The van der Waals surface area contributed by atoms with E-state index < -0.39 is 12.0 Å². The van der Waals surface area contributed by atoms with E-state index in [1.165, 1.54) is 0 Å². The van der Waals surface area contributed by atoms with E-state index in [0.717, 1.165) is 6.20 Å². The summed E-state index contributed by atoms with van der Waals surface area (Å²) >= 11 is 0. The van der Waals surface area contributed by atoms with Crippen LogP contribution < -0.4 is 11.5 Å². The monoisotopic (exact) mass is 184 g/mol. The van der Waals surface area contributed by atoms with Gasteiger partial charge in [-0.2, -0.15) is 5.26 Å². The summed E-state index contributed by atoms with van der Waals surface area (Å²) in [5.41, 5.74) is 9.44. The SMILES string of the molecule is N#Cc1c(N)cnc(N)c1C(F)F. The zero-order valence-electron chi connectivity index (χ0n) is 6.46. The Kier molecular flexibility index (Phi) is 2.28. The number of hydrogen-bond donors (Lipinski definition) is 2. The van der Waals surface area contributed by atoms with Crippen molar-refractivity contribution in [1.29, 1.82) is 5.26 Å². The fourth-order valence-corrected chi connectivity index (χ4v) is 0.902. The first-order valence-corrected chi connectivity index (χ1v) is 3.30. The van der Waals surface area contributed by atoms with Gasteiger partial charge in [-0.1, -0.05) is 0 Å². The molecule has 0 aromatic carbocycles. The van der Waals surface area contributed by atoms with E-state index in [0.29, 0.717) is 0 Å². The molecule has 4 N–H and O–H groups in total. The second kappa shape index (κ2) is 3.23. The van der Waals surface area contributed by atoms with Crippen LogP contribution in [0.5, 0.6) is 0 Å². The number of nitrogens with two attached hydrogens (primary N) is 2. The molecule has 1 aromatic heterocycles. The summed E-state index contributed by atoms with van der Waals surface area (Å²) in [6, 6.07) is 1.56. The number of nitrogens with zero attached hydrogens (tertiary/aromatic N) is 2. The molecule has 0 aliphatic heterocycles. The van der Waals surface area contributed by atoms with E-state index in [1.807, 2.05) is 0 Å². The second-order valence-corrected chi connectivity index (χ2v) is 2.30. The van der Waals surface area contributed by atoms with Crippen molar-refractivity contribution in [3.05, 3.63) is 17.3 Å². The number of nitrogen functional groups attached to an aromatic ring is 2. The maximum Gasteiger partial charge on any atom is 0.268 e. The van der Waals surface area contributed by atoms with Gasteiger partial charge < -0.3 is 11.5 Å². The highest BCUT2D eigenvalue weighted by Gasteiger charge is 2.19. The van der Waals surface area contributed by atoms with E-state index in [-0.39, 0.29) is 17.1 Å². The van der Waals surface area contributed by atoms with Gasteiger partial charge >= 0.3 is 0 Å². The van der Waals surface area contributed by atoms with Crippen molar-refractivity contribution < 1.29 is 8.78 Å². The summed E-state index contributed by atoms with van der Waals surface area (Å²) in [6.45, 7) is 0. The van der Waals surface area contributed by atoms with Crippen LogP contribution >= 0.6 is 0 Å². The van der Waals surface area contributed by atoms with Crippen LogP contribution in [0.3, 0.4) is 0 Å². The number of anilines is 2. The van der Waals surface area contributed by atoms with Gasteiger partial charge in [0, 0.05) is 0 Å². The lowest BCUT2D eigenvalue weighted by Gasteiger charge is -2.06. The lowest BCUT2D eigenvalue weighted by molar-refractivity contribution is 0.151. The minimum Gasteiger partial charge on any atom is -0.396 e. The molecule has 0 bridgehead atoms. The van der Waals surface area contributed by atoms with Crippen molar-refractivity contribution in [3.8, 4) is 6.07 Å². The van der Waals surface area contributed by atoms with Crippen LogP contribution in [0.25, 0.3) is 0 Å². The van der Waals surface area contributed by atoms with E-state index >= 15 is 0 Å². The van der Waals surface area contributed by atoms with Gasteiger partial charge in [0.2, 0.25) is 0 Å². The molecule has 0 amide bonds. The van der Waals surface area contributed by atoms with E-state index in [2.05, 4.69) is 4.98 Å². The predicted octanol–water partition coefficient (Wildman–Crippen LogP) is 1.06. The van der Waals surface area contributed by atoms with Crippen molar-refractivity contribution in [2.24, 2.45) is 0 Å². The number of pyridine rings is 1. The van der Waals surface area contributed by atoms with Gasteiger partial charge in [-0.3, -0.25) is 0 Å². The summed E-state index contributed by atoms with van der Waals surface area (Å²) in [6.07, 6.45) is -1.76. The molecule has 0 saturated heterocycles. The Labute approximate surface area is 72.8 Å². The maximum atomic E-state index is 12.3. The number of hydrogen-bond acceptors (Lipinski definition) is 4. The standard InChI is InChI=1S/C7H6F2N4/c8-6(9)5-3(1-10)4(11)2-13-7(5)12/h2,6H,11H2,(H2,12,13). The zero-order valence-corrected chi connectivity index (χ0v) is 6.46. The van der Waals surface area contributed by atoms with Gasteiger partial charge in [0.05, 0.1) is 23.0 Å². The molecule has 0 atom stereocenters. The Morgan fingerprint density at radius 2 is 2.08 bits per heavy atom. The molecule has 0 unspecified atom stereocenters. The summed E-state index contributed by atoms with van der Waals surface area (Å²) in [7, 11) is 0. The van der Waals surface area contributed by atoms with Crippen molar-refractivity contribution in [3.63, 3.8) is 0 Å². The molecule has 0 spiro atoms. The fourth-order valence-electron chi connectivity index (χ4n) is 0.902. The first-order valence-electron chi connectivity index (χ1n) is 3.30. The first kappa shape index (κ1) is 9.19. The Balaban J connectivity index is 3.46. The fraction of sp³-hybridized carbons (Fsp3) is 0.143. The van der Waals surface area contributed by atoms with Crippen molar-refractivity contribution in [2.45, 2.75) is 6.43 Å². The normalized spacial score (nSPS) is 10.0. The quantitative estimate of drug-likeness (QED) is 0.682. The topological polar surface area (TPSA) is 88.7 Å². The third kappa shape index (κ3) is 1.49. The first-order chi connectivity index (χ1) is 6.07. The van der Waals surface area contributed by atoms with E-state index in [4.69, 9.17) is 16.7 Å². The van der Waals surface area contributed by atoms with Crippen LogP contribution in [-0.2, 0) is 0 Å². The zero-order chi connectivity index (χ0) is 10.0. The largest absolute Gasteiger partial charge is 0.396 e. The van der Waals surface area contributed by atoms with Gasteiger partial charge in [-0.05, 0) is 0 Å². The van der Waals surface area contributed by atoms with Crippen LogP contribution in [0.4, 0.5) is 20.3 Å². The Morgan fingerprint density at radius 3 is 2.46 bits per heavy atom. The lowest BCUT2D eigenvalue weighted by atomic mass is 10.1. The molecule has 68 valence electrons. The predicted molar refractivity (Wildman–Crippen MR) is 42.7 cm³/mol. The number of halogens is 2. The molecular weight excluding hydrogens is 178 g/mol. The average Bonchev–Trinajstić information content (AvgIpc) is 2.07. The number of rotatable bonds is 1. The van der Waals surface area contributed by atoms with Gasteiger partial charge in [0.15, 0.2) is 0 Å². The van der Waals surface area contributed by atoms with Gasteiger partial charge in [-0.15, -0.1) is 0 Å². The van der Waals surface area contributed by atoms with Crippen LogP contribution in [0.1, 0.15) is 17.6 Å². The Hall–Kier alpha value is -1.90. The highest BCUT2D eigenvalue weighted by atomic mass is 19.3. The summed E-state index contributed by atoms with van der Waals surface area (Å²) < 4.78 is 24.7. The lowest BCUT2D eigenvalue weighted by Crippen LogP contribution is -2.04. The highest BCUT2D eigenvalue weighted by molar-refractivity contribution is 5.63. The van der Waals surface area contributed by atoms with E-state index in [1.54, 1.807) is 6.07 Å². The molecule has 4 nitrogen and oxygen atoms in total. The molecule has 0 aliphatic rings. The molecular formula is C7H6F2N4.